The lowest BCUT2D eigenvalue weighted by Gasteiger charge is -2.34. The highest BCUT2D eigenvalue weighted by Gasteiger charge is 2.15. The molecule has 0 aliphatic carbocycles. The van der Waals surface area contributed by atoms with E-state index in [1.807, 2.05) is 42.5 Å². The minimum absolute atomic E-state index is 0.157. The molecule has 0 spiro atoms. The SMILES string of the molecule is O=C(NCCCCN1CCN(CCO)CC1)Nc1ccc(-c2ccccc2)cc1. The Bertz CT molecular complexity index is 728. The largest absolute Gasteiger partial charge is 0.395 e. The van der Waals surface area contributed by atoms with E-state index in [4.69, 9.17) is 5.11 Å². The Kier molecular flexibility index (Phi) is 8.49. The summed E-state index contributed by atoms with van der Waals surface area (Å²) in [6.45, 7) is 6.96. The predicted molar refractivity (Wildman–Crippen MR) is 118 cm³/mol. The minimum Gasteiger partial charge on any atom is -0.395 e. The van der Waals surface area contributed by atoms with Gasteiger partial charge in [0.05, 0.1) is 6.61 Å². The second-order valence-electron chi connectivity index (χ2n) is 7.44. The molecule has 0 atom stereocenters. The van der Waals surface area contributed by atoms with Crippen LogP contribution in [0.1, 0.15) is 12.8 Å². The molecule has 156 valence electrons. The highest BCUT2D eigenvalue weighted by molar-refractivity contribution is 5.89. The first-order chi connectivity index (χ1) is 14.2. The summed E-state index contributed by atoms with van der Waals surface area (Å²) in [4.78, 5) is 16.8. The van der Waals surface area contributed by atoms with E-state index in [1.54, 1.807) is 0 Å². The summed E-state index contributed by atoms with van der Waals surface area (Å²) >= 11 is 0. The van der Waals surface area contributed by atoms with E-state index < -0.39 is 0 Å². The van der Waals surface area contributed by atoms with Gasteiger partial charge >= 0.3 is 6.03 Å². The highest BCUT2D eigenvalue weighted by Crippen LogP contribution is 2.20. The van der Waals surface area contributed by atoms with Gasteiger partial charge in [0.15, 0.2) is 0 Å². The van der Waals surface area contributed by atoms with Crippen molar-refractivity contribution in [2.24, 2.45) is 0 Å². The molecular weight excluding hydrogens is 364 g/mol. The summed E-state index contributed by atoms with van der Waals surface area (Å²) < 4.78 is 0. The molecule has 6 heteroatoms. The second-order valence-corrected chi connectivity index (χ2v) is 7.44. The van der Waals surface area contributed by atoms with Gasteiger partial charge in [-0.25, -0.2) is 4.79 Å². The number of nitrogens with zero attached hydrogens (tertiary/aromatic N) is 2. The van der Waals surface area contributed by atoms with Crippen LogP contribution in [0.5, 0.6) is 0 Å². The zero-order valence-corrected chi connectivity index (χ0v) is 17.0. The van der Waals surface area contributed by atoms with Crippen LogP contribution in [0.3, 0.4) is 0 Å². The molecular formula is C23H32N4O2. The third-order valence-corrected chi connectivity index (χ3v) is 5.32. The third kappa shape index (κ3) is 7.16. The normalized spacial score (nSPS) is 15.2. The number of piperazine rings is 1. The molecule has 0 unspecified atom stereocenters. The lowest BCUT2D eigenvalue weighted by atomic mass is 10.1. The van der Waals surface area contributed by atoms with Crippen molar-refractivity contribution in [3.8, 4) is 11.1 Å². The lowest BCUT2D eigenvalue weighted by Crippen LogP contribution is -2.47. The van der Waals surface area contributed by atoms with Crippen LogP contribution in [0.4, 0.5) is 10.5 Å². The Labute approximate surface area is 173 Å². The molecule has 1 saturated heterocycles. The van der Waals surface area contributed by atoms with Crippen molar-refractivity contribution in [3.05, 3.63) is 54.6 Å². The Hall–Kier alpha value is -2.41. The fourth-order valence-electron chi connectivity index (χ4n) is 3.59. The molecule has 3 N–H and O–H groups in total. The summed E-state index contributed by atoms with van der Waals surface area (Å²) in [6.07, 6.45) is 2.04. The van der Waals surface area contributed by atoms with Crippen molar-refractivity contribution >= 4 is 11.7 Å². The van der Waals surface area contributed by atoms with Crippen molar-refractivity contribution in [3.63, 3.8) is 0 Å². The van der Waals surface area contributed by atoms with Gasteiger partial charge in [0.1, 0.15) is 0 Å². The highest BCUT2D eigenvalue weighted by atomic mass is 16.3. The summed E-state index contributed by atoms with van der Waals surface area (Å²) in [5.41, 5.74) is 3.09. The van der Waals surface area contributed by atoms with Crippen molar-refractivity contribution in [2.75, 3.05) is 57.7 Å². The first-order valence-corrected chi connectivity index (χ1v) is 10.5. The quantitative estimate of drug-likeness (QED) is 0.570. The van der Waals surface area contributed by atoms with E-state index in [2.05, 4.69) is 32.6 Å². The average molecular weight is 397 g/mol. The van der Waals surface area contributed by atoms with Crippen molar-refractivity contribution in [1.29, 1.82) is 0 Å². The van der Waals surface area contributed by atoms with Gasteiger partial charge in [-0.2, -0.15) is 0 Å². The van der Waals surface area contributed by atoms with E-state index in [9.17, 15) is 4.79 Å². The number of anilines is 1. The second kappa shape index (κ2) is 11.6. The average Bonchev–Trinajstić information content (AvgIpc) is 2.76. The summed E-state index contributed by atoms with van der Waals surface area (Å²) in [7, 11) is 0. The number of benzene rings is 2. The summed E-state index contributed by atoms with van der Waals surface area (Å²) in [5.74, 6) is 0. The lowest BCUT2D eigenvalue weighted by molar-refractivity contribution is 0.111. The van der Waals surface area contributed by atoms with Crippen molar-refractivity contribution in [1.82, 2.24) is 15.1 Å². The number of carbonyl (C=O) groups is 1. The number of hydrogen-bond donors (Lipinski definition) is 3. The van der Waals surface area contributed by atoms with Crippen LogP contribution < -0.4 is 10.6 Å². The Morgan fingerprint density at radius 3 is 2.10 bits per heavy atom. The van der Waals surface area contributed by atoms with E-state index in [1.165, 1.54) is 5.56 Å². The van der Waals surface area contributed by atoms with E-state index in [0.717, 1.165) is 63.4 Å². The van der Waals surface area contributed by atoms with Gasteiger partial charge in [-0.05, 0) is 42.6 Å². The van der Waals surface area contributed by atoms with E-state index in [0.29, 0.717) is 6.54 Å². The number of nitrogens with one attached hydrogen (secondary N) is 2. The van der Waals surface area contributed by atoms with Crippen LogP contribution in [0.25, 0.3) is 11.1 Å². The fourth-order valence-corrected chi connectivity index (χ4v) is 3.59. The van der Waals surface area contributed by atoms with E-state index in [-0.39, 0.29) is 12.6 Å². The number of aliphatic hydroxyl groups is 1. The standard InChI is InChI=1S/C23H32N4O2/c28-19-18-27-16-14-26(15-17-27)13-5-4-12-24-23(29)25-22-10-8-21(9-11-22)20-6-2-1-3-7-20/h1-3,6-11,28H,4-5,12-19H2,(H2,24,25,29). The molecule has 1 aliphatic heterocycles. The predicted octanol–water partition coefficient (Wildman–Crippen LogP) is 2.87. The smallest absolute Gasteiger partial charge is 0.319 e. The van der Waals surface area contributed by atoms with Gasteiger partial charge in [0.2, 0.25) is 0 Å². The third-order valence-electron chi connectivity index (χ3n) is 5.32. The maximum atomic E-state index is 12.1. The van der Waals surface area contributed by atoms with Crippen molar-refractivity contribution in [2.45, 2.75) is 12.8 Å². The van der Waals surface area contributed by atoms with Gasteiger partial charge in [-0.1, -0.05) is 42.5 Å². The molecule has 0 radical (unpaired) electrons. The molecule has 2 aromatic rings. The molecule has 2 amide bonds. The molecule has 29 heavy (non-hydrogen) atoms. The summed E-state index contributed by atoms with van der Waals surface area (Å²) in [6, 6.07) is 17.9. The number of carbonyl (C=O) groups excluding carboxylic acids is 1. The van der Waals surface area contributed by atoms with Gasteiger partial charge in [-0.15, -0.1) is 0 Å². The van der Waals surface area contributed by atoms with Crippen molar-refractivity contribution < 1.29 is 9.90 Å². The molecule has 3 rings (SSSR count). The van der Waals surface area contributed by atoms with Crippen LogP contribution in [0.2, 0.25) is 0 Å². The first kappa shape index (κ1) is 21.3. The monoisotopic (exact) mass is 396 g/mol. The fraction of sp³-hybridized carbons (Fsp3) is 0.435. The molecule has 0 saturated carbocycles. The van der Waals surface area contributed by atoms with Crippen LogP contribution in [0.15, 0.2) is 54.6 Å². The first-order valence-electron chi connectivity index (χ1n) is 10.5. The maximum Gasteiger partial charge on any atom is 0.319 e. The molecule has 2 aromatic carbocycles. The topological polar surface area (TPSA) is 67.8 Å². The maximum absolute atomic E-state index is 12.1. The molecule has 0 bridgehead atoms. The Morgan fingerprint density at radius 2 is 1.45 bits per heavy atom. The molecule has 6 nitrogen and oxygen atoms in total. The van der Waals surface area contributed by atoms with Crippen LogP contribution in [0, 0.1) is 0 Å². The number of aliphatic hydroxyl groups excluding tert-OH is 1. The van der Waals surface area contributed by atoms with Gasteiger partial charge < -0.3 is 20.6 Å². The zero-order valence-electron chi connectivity index (χ0n) is 17.0. The summed E-state index contributed by atoms with van der Waals surface area (Å²) in [5, 5.41) is 14.8. The molecule has 0 aromatic heterocycles. The molecule has 1 fully saturated rings. The van der Waals surface area contributed by atoms with Gasteiger partial charge in [0, 0.05) is 45.0 Å². The van der Waals surface area contributed by atoms with Crippen LogP contribution in [-0.4, -0.2) is 73.4 Å². The van der Waals surface area contributed by atoms with Gasteiger partial charge in [0.25, 0.3) is 0 Å². The van der Waals surface area contributed by atoms with E-state index >= 15 is 0 Å². The van der Waals surface area contributed by atoms with Crippen LogP contribution in [-0.2, 0) is 0 Å². The number of β-amino-alcohol motifs (C(OH)–C–C–N with tert-alkyl or cyclic N) is 1. The molecule has 1 aliphatic rings. The Morgan fingerprint density at radius 1 is 0.828 bits per heavy atom. The van der Waals surface area contributed by atoms with Gasteiger partial charge in [-0.3, -0.25) is 4.90 Å². The number of amides is 2. The Balaban J connectivity index is 1.28. The minimum atomic E-state index is -0.157. The number of unbranched alkanes of at least 4 members (excludes halogenated alkanes) is 1. The number of rotatable bonds is 9. The van der Waals surface area contributed by atoms with Crippen LogP contribution >= 0.6 is 0 Å². The zero-order chi connectivity index (χ0) is 20.3. The number of urea groups is 1. The molecule has 1 heterocycles. The number of hydrogen-bond acceptors (Lipinski definition) is 4.